The summed E-state index contributed by atoms with van der Waals surface area (Å²) in [6.45, 7) is 3.05. The number of piperidine rings is 1. The number of amidine groups is 1. The molecule has 0 aromatic heterocycles. The molecule has 0 bridgehead atoms. The zero-order valence-electron chi connectivity index (χ0n) is 11.8. The summed E-state index contributed by atoms with van der Waals surface area (Å²) in [7, 11) is 0. The van der Waals surface area contributed by atoms with Crippen LogP contribution in [0.3, 0.4) is 0 Å². The Morgan fingerprint density at radius 2 is 2.30 bits per heavy atom. The average Bonchev–Trinajstić information content (AvgIpc) is 2.47. The second-order valence-electron chi connectivity index (χ2n) is 5.28. The lowest BCUT2D eigenvalue weighted by atomic mass is 9.97. The highest BCUT2D eigenvalue weighted by molar-refractivity contribution is 5.97. The summed E-state index contributed by atoms with van der Waals surface area (Å²) in [6, 6.07) is 5.18. The van der Waals surface area contributed by atoms with Crippen LogP contribution in [0.25, 0.3) is 0 Å². The SMILES string of the molecule is CCCC1CCCCN1c1ccc(/C(N)=N/O)cc1F. The molecule has 3 N–H and O–H groups in total. The average molecular weight is 279 g/mol. The van der Waals surface area contributed by atoms with Crippen molar-refractivity contribution in [3.8, 4) is 0 Å². The van der Waals surface area contributed by atoms with Gasteiger partial charge in [0.15, 0.2) is 5.84 Å². The van der Waals surface area contributed by atoms with Gasteiger partial charge in [-0.1, -0.05) is 18.5 Å². The lowest BCUT2D eigenvalue weighted by Gasteiger charge is -2.37. The number of oxime groups is 1. The van der Waals surface area contributed by atoms with E-state index in [-0.39, 0.29) is 11.7 Å². The molecule has 1 unspecified atom stereocenters. The van der Waals surface area contributed by atoms with Gasteiger partial charge in [-0.05, 0) is 43.9 Å². The number of anilines is 1. The number of rotatable bonds is 4. The van der Waals surface area contributed by atoms with Gasteiger partial charge in [0.1, 0.15) is 5.82 Å². The molecular weight excluding hydrogens is 257 g/mol. The van der Waals surface area contributed by atoms with Crippen LogP contribution in [0, 0.1) is 5.82 Å². The third-order valence-corrected chi connectivity index (χ3v) is 3.91. The van der Waals surface area contributed by atoms with Gasteiger partial charge in [0.25, 0.3) is 0 Å². The molecule has 0 amide bonds. The predicted molar refractivity (Wildman–Crippen MR) is 78.8 cm³/mol. The molecule has 20 heavy (non-hydrogen) atoms. The second kappa shape index (κ2) is 6.59. The fourth-order valence-corrected chi connectivity index (χ4v) is 2.91. The number of hydrogen-bond donors (Lipinski definition) is 2. The normalized spacial score (nSPS) is 20.2. The van der Waals surface area contributed by atoms with Crippen LogP contribution in [0.15, 0.2) is 23.4 Å². The maximum Gasteiger partial charge on any atom is 0.170 e. The van der Waals surface area contributed by atoms with Gasteiger partial charge in [-0.2, -0.15) is 0 Å². The summed E-state index contributed by atoms with van der Waals surface area (Å²) < 4.78 is 14.3. The fraction of sp³-hybridized carbons (Fsp3) is 0.533. The highest BCUT2D eigenvalue weighted by Crippen LogP contribution is 2.29. The van der Waals surface area contributed by atoms with Crippen LogP contribution in [-0.2, 0) is 0 Å². The molecule has 0 aliphatic carbocycles. The molecule has 0 radical (unpaired) electrons. The Kier molecular flexibility index (Phi) is 4.82. The van der Waals surface area contributed by atoms with Gasteiger partial charge in [-0.3, -0.25) is 0 Å². The number of nitrogens with two attached hydrogens (primary N) is 1. The summed E-state index contributed by atoms with van der Waals surface area (Å²) in [6.07, 6.45) is 5.62. The van der Waals surface area contributed by atoms with Gasteiger partial charge in [-0.15, -0.1) is 0 Å². The summed E-state index contributed by atoms with van der Waals surface area (Å²) in [5, 5.41) is 11.5. The van der Waals surface area contributed by atoms with E-state index in [0.29, 0.717) is 17.3 Å². The van der Waals surface area contributed by atoms with Gasteiger partial charge in [0, 0.05) is 18.2 Å². The molecule has 1 aliphatic heterocycles. The molecule has 2 rings (SSSR count). The molecule has 110 valence electrons. The summed E-state index contributed by atoms with van der Waals surface area (Å²) in [5.41, 5.74) is 6.51. The predicted octanol–water partition coefficient (Wildman–Crippen LogP) is 3.08. The zero-order chi connectivity index (χ0) is 14.5. The van der Waals surface area contributed by atoms with E-state index in [9.17, 15) is 4.39 Å². The van der Waals surface area contributed by atoms with Crippen LogP contribution in [0.4, 0.5) is 10.1 Å². The van der Waals surface area contributed by atoms with Crippen LogP contribution in [0.1, 0.15) is 44.6 Å². The van der Waals surface area contributed by atoms with Crippen molar-refractivity contribution in [3.63, 3.8) is 0 Å². The van der Waals surface area contributed by atoms with Crippen LogP contribution in [-0.4, -0.2) is 23.6 Å². The van der Waals surface area contributed by atoms with Crippen molar-refractivity contribution in [1.29, 1.82) is 0 Å². The van der Waals surface area contributed by atoms with E-state index in [0.717, 1.165) is 32.2 Å². The smallest absolute Gasteiger partial charge is 0.170 e. The molecule has 4 nitrogen and oxygen atoms in total. The molecule has 1 aromatic carbocycles. The molecule has 1 atom stereocenters. The highest BCUT2D eigenvalue weighted by Gasteiger charge is 2.24. The Bertz CT molecular complexity index is 488. The first-order valence-electron chi connectivity index (χ1n) is 7.21. The van der Waals surface area contributed by atoms with Crippen LogP contribution in [0.2, 0.25) is 0 Å². The van der Waals surface area contributed by atoms with Crippen molar-refractivity contribution in [3.05, 3.63) is 29.6 Å². The van der Waals surface area contributed by atoms with E-state index >= 15 is 0 Å². The van der Waals surface area contributed by atoms with Gasteiger partial charge in [0.2, 0.25) is 0 Å². The zero-order valence-corrected chi connectivity index (χ0v) is 11.8. The van der Waals surface area contributed by atoms with E-state index in [1.165, 1.54) is 12.5 Å². The van der Waals surface area contributed by atoms with E-state index in [2.05, 4.69) is 17.0 Å². The van der Waals surface area contributed by atoms with Crippen molar-refractivity contribution >= 4 is 11.5 Å². The van der Waals surface area contributed by atoms with Crippen LogP contribution < -0.4 is 10.6 Å². The number of nitrogens with zero attached hydrogens (tertiary/aromatic N) is 2. The highest BCUT2D eigenvalue weighted by atomic mass is 19.1. The van der Waals surface area contributed by atoms with Crippen molar-refractivity contribution in [1.82, 2.24) is 0 Å². The molecule has 0 spiro atoms. The molecule has 0 saturated carbocycles. The van der Waals surface area contributed by atoms with Crippen molar-refractivity contribution in [2.45, 2.75) is 45.1 Å². The quantitative estimate of drug-likeness (QED) is 0.385. The molecule has 1 aliphatic rings. The Morgan fingerprint density at radius 3 is 2.95 bits per heavy atom. The topological polar surface area (TPSA) is 61.8 Å². The third-order valence-electron chi connectivity index (χ3n) is 3.91. The molecule has 1 aromatic rings. The number of hydrogen-bond acceptors (Lipinski definition) is 3. The standard InChI is InChI=1S/C15H22FN3O/c1-2-5-12-6-3-4-9-19(12)14-8-7-11(10-13(14)16)15(17)18-20/h7-8,10,12,20H,2-6,9H2,1H3,(H2,17,18). The Hall–Kier alpha value is -1.78. The van der Waals surface area contributed by atoms with Gasteiger partial charge < -0.3 is 15.8 Å². The minimum atomic E-state index is -0.308. The third kappa shape index (κ3) is 3.03. The van der Waals surface area contributed by atoms with E-state index in [4.69, 9.17) is 10.9 Å². The summed E-state index contributed by atoms with van der Waals surface area (Å²) in [5.74, 6) is -0.378. The van der Waals surface area contributed by atoms with Gasteiger partial charge >= 0.3 is 0 Å². The first-order valence-corrected chi connectivity index (χ1v) is 7.21. The summed E-state index contributed by atoms with van der Waals surface area (Å²) in [4.78, 5) is 2.17. The summed E-state index contributed by atoms with van der Waals surface area (Å²) >= 11 is 0. The first-order chi connectivity index (χ1) is 9.67. The molecule has 5 heteroatoms. The van der Waals surface area contributed by atoms with Gasteiger partial charge in [0.05, 0.1) is 5.69 Å². The van der Waals surface area contributed by atoms with E-state index in [1.54, 1.807) is 12.1 Å². The number of benzene rings is 1. The maximum atomic E-state index is 14.3. The monoisotopic (exact) mass is 279 g/mol. The van der Waals surface area contributed by atoms with Gasteiger partial charge in [-0.25, -0.2) is 4.39 Å². The first kappa shape index (κ1) is 14.6. The molecular formula is C15H22FN3O. The molecule has 1 fully saturated rings. The lowest BCUT2D eigenvalue weighted by Crippen LogP contribution is -2.40. The number of halogens is 1. The Labute approximate surface area is 119 Å². The van der Waals surface area contributed by atoms with Crippen molar-refractivity contribution in [2.75, 3.05) is 11.4 Å². The van der Waals surface area contributed by atoms with Crippen molar-refractivity contribution in [2.24, 2.45) is 10.9 Å². The molecule has 1 heterocycles. The largest absolute Gasteiger partial charge is 0.409 e. The van der Waals surface area contributed by atoms with Crippen LogP contribution in [0.5, 0.6) is 0 Å². The van der Waals surface area contributed by atoms with E-state index < -0.39 is 0 Å². The van der Waals surface area contributed by atoms with E-state index in [1.807, 2.05) is 0 Å². The minimum absolute atomic E-state index is 0.0702. The molecule has 1 saturated heterocycles. The Balaban J connectivity index is 2.27. The van der Waals surface area contributed by atoms with Crippen molar-refractivity contribution < 1.29 is 9.60 Å². The van der Waals surface area contributed by atoms with Crippen LogP contribution >= 0.6 is 0 Å². The second-order valence-corrected chi connectivity index (χ2v) is 5.28. The minimum Gasteiger partial charge on any atom is -0.409 e. The lowest BCUT2D eigenvalue weighted by molar-refractivity contribution is 0.318. The Morgan fingerprint density at radius 1 is 1.50 bits per heavy atom. The fourth-order valence-electron chi connectivity index (χ4n) is 2.91. The maximum absolute atomic E-state index is 14.3.